The van der Waals surface area contributed by atoms with Crippen molar-refractivity contribution < 1.29 is 0 Å². The van der Waals surface area contributed by atoms with Crippen LogP contribution in [0.15, 0.2) is 0 Å². The third kappa shape index (κ3) is 13.0. The zero-order chi connectivity index (χ0) is 18.8. The summed E-state index contributed by atoms with van der Waals surface area (Å²) in [7, 11) is 13.9. The maximum atomic E-state index is 5.79. The number of hydrogen-bond acceptors (Lipinski definition) is 2. The Balaban J connectivity index is 4.52. The lowest BCUT2D eigenvalue weighted by atomic mass is 9.69. The summed E-state index contributed by atoms with van der Waals surface area (Å²) >= 11 is 0. The Hall–Kier alpha value is 0.115. The fourth-order valence-electron chi connectivity index (χ4n) is 3.43. The van der Waals surface area contributed by atoms with Gasteiger partial charge in [-0.3, -0.25) is 10.6 Å². The summed E-state index contributed by atoms with van der Waals surface area (Å²) in [5.74, 6) is 0.623. The Morgan fingerprint density at radius 3 is 1.96 bits per heavy atom. The molecular weight excluding hydrogens is 301 g/mol. The first-order valence-corrected chi connectivity index (χ1v) is 10.9. The summed E-state index contributed by atoms with van der Waals surface area (Å²) < 4.78 is 0. The molecule has 5 heteroatoms. The van der Waals surface area contributed by atoms with E-state index in [4.69, 9.17) is 15.7 Å². The zero-order valence-electron chi connectivity index (χ0n) is 17.4. The Kier molecular flexibility index (Phi) is 17.6. The van der Waals surface area contributed by atoms with E-state index in [0.717, 1.165) is 38.6 Å². The summed E-state index contributed by atoms with van der Waals surface area (Å²) in [5, 5.41) is 7.64. The van der Waals surface area contributed by atoms with Crippen LogP contribution in [0.1, 0.15) is 78.6 Å². The van der Waals surface area contributed by atoms with Gasteiger partial charge < -0.3 is 0 Å². The highest BCUT2D eigenvalue weighted by Gasteiger charge is 2.31. The van der Waals surface area contributed by atoms with Crippen LogP contribution in [0.5, 0.6) is 0 Å². The average Bonchev–Trinajstić information content (AvgIpc) is 2.61. The first-order chi connectivity index (χ1) is 12.1. The monoisotopic (exact) mass is 343 g/mol. The molecule has 0 bridgehead atoms. The van der Waals surface area contributed by atoms with Crippen LogP contribution < -0.4 is 10.6 Å². The van der Waals surface area contributed by atoms with Crippen molar-refractivity contribution in [3.05, 3.63) is 0 Å². The Morgan fingerprint density at radius 1 is 0.800 bits per heavy atom. The average molecular weight is 343 g/mol. The van der Waals surface area contributed by atoms with Crippen LogP contribution in [0.3, 0.4) is 0 Å². The molecule has 5 radical (unpaired) electrons. The largest absolute Gasteiger partial charge is 0.299 e. The topological polar surface area (TPSA) is 24.1 Å². The molecule has 0 heterocycles. The number of hydrogen-bond donors (Lipinski definition) is 2. The van der Waals surface area contributed by atoms with E-state index in [-0.39, 0.29) is 5.66 Å². The van der Waals surface area contributed by atoms with Crippen LogP contribution in [0, 0.1) is 5.92 Å². The first kappa shape index (κ1) is 25.1. The SMILES string of the molecule is [B]CCCNC(C)(NCCC[B]CCCC)C(CCC[B])CCCC. The van der Waals surface area contributed by atoms with E-state index < -0.39 is 0 Å². The quantitative estimate of drug-likeness (QED) is 0.201. The van der Waals surface area contributed by atoms with E-state index >= 15 is 0 Å². The van der Waals surface area contributed by atoms with E-state index in [9.17, 15) is 0 Å². The van der Waals surface area contributed by atoms with Gasteiger partial charge in [0.2, 0.25) is 0 Å². The zero-order valence-corrected chi connectivity index (χ0v) is 17.4. The molecule has 0 aromatic heterocycles. The molecule has 0 aliphatic carbocycles. The molecular formula is C20H42B3N2. The highest BCUT2D eigenvalue weighted by molar-refractivity contribution is 6.35. The molecule has 0 spiro atoms. The lowest BCUT2D eigenvalue weighted by Crippen LogP contribution is -2.60. The smallest absolute Gasteiger partial charge is 0.109 e. The third-order valence-corrected chi connectivity index (χ3v) is 5.19. The second-order valence-electron chi connectivity index (χ2n) is 7.54. The number of unbranched alkanes of at least 4 members (excludes halogenated alkanes) is 2. The summed E-state index contributed by atoms with van der Waals surface area (Å²) in [5.41, 5.74) is -0.0110. The van der Waals surface area contributed by atoms with Gasteiger partial charge in [-0.25, -0.2) is 0 Å². The maximum Gasteiger partial charge on any atom is 0.109 e. The number of rotatable bonds is 19. The van der Waals surface area contributed by atoms with Crippen molar-refractivity contribution >= 4 is 23.0 Å². The molecule has 0 aromatic rings. The highest BCUT2D eigenvalue weighted by atomic mass is 15.2. The van der Waals surface area contributed by atoms with Crippen LogP contribution >= 0.6 is 0 Å². The van der Waals surface area contributed by atoms with Gasteiger partial charge in [0.15, 0.2) is 0 Å². The van der Waals surface area contributed by atoms with Crippen LogP contribution in [0.4, 0.5) is 0 Å². The molecule has 2 N–H and O–H groups in total. The van der Waals surface area contributed by atoms with Crippen molar-refractivity contribution in [3.63, 3.8) is 0 Å². The molecule has 0 aromatic carbocycles. The highest BCUT2D eigenvalue weighted by Crippen LogP contribution is 2.26. The van der Waals surface area contributed by atoms with Gasteiger partial charge in [0.25, 0.3) is 0 Å². The Bertz CT molecular complexity index is 272. The van der Waals surface area contributed by atoms with Gasteiger partial charge in [0.05, 0.1) is 21.4 Å². The Labute approximate surface area is 162 Å². The minimum atomic E-state index is -0.0110. The van der Waals surface area contributed by atoms with Gasteiger partial charge in [-0.2, -0.15) is 0 Å². The molecule has 2 unspecified atom stereocenters. The van der Waals surface area contributed by atoms with Gasteiger partial charge in [-0.05, 0) is 51.6 Å². The molecule has 25 heavy (non-hydrogen) atoms. The molecule has 0 amide bonds. The van der Waals surface area contributed by atoms with Crippen LogP contribution in [-0.2, 0) is 0 Å². The molecule has 0 saturated heterocycles. The van der Waals surface area contributed by atoms with Crippen LogP contribution in [-0.4, -0.2) is 41.7 Å². The van der Waals surface area contributed by atoms with E-state index in [2.05, 4.69) is 38.7 Å². The maximum absolute atomic E-state index is 5.79. The molecule has 0 saturated carbocycles. The molecule has 0 fully saturated rings. The lowest BCUT2D eigenvalue weighted by Gasteiger charge is -2.40. The summed E-state index contributed by atoms with van der Waals surface area (Å²) in [4.78, 5) is 0. The van der Waals surface area contributed by atoms with E-state index in [1.807, 2.05) is 0 Å². The standard InChI is InChI=1S/C20H42B3N2/c1-4-6-11-19(12-8-13-21)20(3,24-17-9-14-22)25-18-10-16-23-15-7-5-2/h19,24-25H,4-18H2,1-3H3. The van der Waals surface area contributed by atoms with Crippen LogP contribution in [0.25, 0.3) is 0 Å². The molecule has 0 aliphatic heterocycles. The van der Waals surface area contributed by atoms with Gasteiger partial charge in [0, 0.05) is 0 Å². The second-order valence-corrected chi connectivity index (χ2v) is 7.54. The molecule has 2 atom stereocenters. The lowest BCUT2D eigenvalue weighted by molar-refractivity contribution is 0.156. The predicted octanol–water partition coefficient (Wildman–Crippen LogP) is 4.76. The van der Waals surface area contributed by atoms with Crippen molar-refractivity contribution in [2.24, 2.45) is 5.92 Å². The van der Waals surface area contributed by atoms with E-state index in [0.29, 0.717) is 5.92 Å². The first-order valence-electron chi connectivity index (χ1n) is 10.9. The molecule has 0 rings (SSSR count). The van der Waals surface area contributed by atoms with E-state index in [1.165, 1.54) is 57.6 Å². The normalized spacial score (nSPS) is 15.0. The fourth-order valence-corrected chi connectivity index (χ4v) is 3.43. The van der Waals surface area contributed by atoms with Gasteiger partial charge in [0.1, 0.15) is 7.28 Å². The third-order valence-electron chi connectivity index (χ3n) is 5.19. The van der Waals surface area contributed by atoms with Crippen molar-refractivity contribution in [1.82, 2.24) is 10.6 Å². The number of nitrogens with one attached hydrogen (secondary N) is 2. The Morgan fingerprint density at radius 2 is 1.36 bits per heavy atom. The summed E-state index contributed by atoms with van der Waals surface area (Å²) in [6.45, 7) is 8.93. The minimum Gasteiger partial charge on any atom is -0.299 e. The van der Waals surface area contributed by atoms with E-state index in [1.54, 1.807) is 0 Å². The summed E-state index contributed by atoms with van der Waals surface area (Å²) in [6.07, 6.45) is 15.0. The molecule has 141 valence electrons. The van der Waals surface area contributed by atoms with Crippen molar-refractivity contribution in [1.29, 1.82) is 0 Å². The van der Waals surface area contributed by atoms with Gasteiger partial charge in [-0.15, -0.1) is 0 Å². The summed E-state index contributed by atoms with van der Waals surface area (Å²) in [6, 6.07) is 0. The van der Waals surface area contributed by atoms with Gasteiger partial charge >= 0.3 is 0 Å². The molecule has 0 aliphatic rings. The van der Waals surface area contributed by atoms with Crippen molar-refractivity contribution in [2.75, 3.05) is 13.1 Å². The van der Waals surface area contributed by atoms with Crippen LogP contribution in [0.2, 0.25) is 25.3 Å². The van der Waals surface area contributed by atoms with Gasteiger partial charge in [-0.1, -0.05) is 71.2 Å². The fraction of sp³-hybridized carbons (Fsp3) is 1.00. The predicted molar refractivity (Wildman–Crippen MR) is 117 cm³/mol. The van der Waals surface area contributed by atoms with Crippen molar-refractivity contribution in [2.45, 2.75) is 110 Å². The molecule has 2 nitrogen and oxygen atoms in total. The minimum absolute atomic E-state index is 0.0110. The second kappa shape index (κ2) is 17.5. The van der Waals surface area contributed by atoms with Crippen molar-refractivity contribution in [3.8, 4) is 0 Å².